The van der Waals surface area contributed by atoms with Gasteiger partial charge in [0, 0.05) is 25.2 Å². The van der Waals surface area contributed by atoms with E-state index in [1.54, 1.807) is 0 Å². The zero-order valence-electron chi connectivity index (χ0n) is 12.7. The van der Waals surface area contributed by atoms with Gasteiger partial charge in [-0.25, -0.2) is 0 Å². The Morgan fingerprint density at radius 2 is 2.21 bits per heavy atom. The highest BCUT2D eigenvalue weighted by Gasteiger charge is 2.16. The van der Waals surface area contributed by atoms with E-state index in [4.69, 9.17) is 5.73 Å². The lowest BCUT2D eigenvalue weighted by Gasteiger charge is -2.33. The van der Waals surface area contributed by atoms with Gasteiger partial charge in [0.2, 0.25) is 0 Å². The molecule has 1 aliphatic heterocycles. The number of halogens is 1. The van der Waals surface area contributed by atoms with Gasteiger partial charge < -0.3 is 16.0 Å². The van der Waals surface area contributed by atoms with Crippen molar-refractivity contribution in [1.82, 2.24) is 10.2 Å². The van der Waals surface area contributed by atoms with Crippen LogP contribution in [0.4, 0.5) is 0 Å². The number of rotatable bonds is 6. The molecule has 19 heavy (non-hydrogen) atoms. The average molecular weight is 382 g/mol. The first-order chi connectivity index (χ1) is 8.63. The summed E-state index contributed by atoms with van der Waals surface area (Å²) in [5, 5.41) is 3.19. The minimum Gasteiger partial charge on any atom is -0.370 e. The molecule has 0 aromatic rings. The van der Waals surface area contributed by atoms with Crippen molar-refractivity contribution >= 4 is 29.9 Å². The predicted octanol–water partition coefficient (Wildman–Crippen LogP) is 2.57. The first-order valence-electron chi connectivity index (χ1n) is 7.44. The molecule has 4 nitrogen and oxygen atoms in total. The van der Waals surface area contributed by atoms with Gasteiger partial charge in [0.05, 0.1) is 0 Å². The number of hydrogen-bond donors (Lipinski definition) is 2. The highest BCUT2D eigenvalue weighted by molar-refractivity contribution is 14.0. The van der Waals surface area contributed by atoms with Crippen LogP contribution >= 0.6 is 24.0 Å². The average Bonchev–Trinajstić information content (AvgIpc) is 2.36. The Morgan fingerprint density at radius 1 is 1.47 bits per heavy atom. The van der Waals surface area contributed by atoms with Gasteiger partial charge in [0.1, 0.15) is 0 Å². The van der Waals surface area contributed by atoms with Gasteiger partial charge in [-0.3, -0.25) is 4.99 Å². The normalized spacial score (nSPS) is 22.7. The molecule has 0 aromatic heterocycles. The van der Waals surface area contributed by atoms with Crippen molar-refractivity contribution in [1.29, 1.82) is 0 Å². The second kappa shape index (κ2) is 10.7. The van der Waals surface area contributed by atoms with Crippen LogP contribution in [0.1, 0.15) is 52.9 Å². The molecule has 0 bridgehead atoms. The molecule has 1 heterocycles. The van der Waals surface area contributed by atoms with Crippen LogP contribution in [0.5, 0.6) is 0 Å². The summed E-state index contributed by atoms with van der Waals surface area (Å²) in [5.41, 5.74) is 5.82. The van der Waals surface area contributed by atoms with Crippen LogP contribution in [0.15, 0.2) is 4.99 Å². The molecule has 2 unspecified atom stereocenters. The van der Waals surface area contributed by atoms with Gasteiger partial charge in [-0.05, 0) is 46.1 Å². The van der Waals surface area contributed by atoms with Crippen LogP contribution in [0, 0.1) is 0 Å². The van der Waals surface area contributed by atoms with Crippen LogP contribution in [0.3, 0.4) is 0 Å². The predicted molar refractivity (Wildman–Crippen MR) is 94.3 cm³/mol. The van der Waals surface area contributed by atoms with Crippen LogP contribution in [0.2, 0.25) is 0 Å². The van der Waals surface area contributed by atoms with Crippen molar-refractivity contribution in [2.45, 2.75) is 65.0 Å². The quantitative estimate of drug-likeness (QED) is 0.321. The summed E-state index contributed by atoms with van der Waals surface area (Å²) >= 11 is 0. The van der Waals surface area contributed by atoms with E-state index in [1.165, 1.54) is 25.8 Å². The molecule has 1 fully saturated rings. The molecule has 1 saturated heterocycles. The highest BCUT2D eigenvalue weighted by Crippen LogP contribution is 2.16. The molecule has 1 rings (SSSR count). The molecular weight excluding hydrogens is 351 g/mol. The van der Waals surface area contributed by atoms with E-state index in [9.17, 15) is 0 Å². The molecule has 2 atom stereocenters. The van der Waals surface area contributed by atoms with Gasteiger partial charge in [-0.15, -0.1) is 24.0 Å². The zero-order chi connectivity index (χ0) is 13.4. The molecule has 5 heteroatoms. The topological polar surface area (TPSA) is 53.6 Å². The Hall–Kier alpha value is -0.0400. The maximum absolute atomic E-state index is 5.82. The minimum absolute atomic E-state index is 0. The number of aliphatic imine (C=N–C) groups is 1. The number of piperidine rings is 1. The number of nitrogens with one attached hydrogen (secondary N) is 1. The Bertz CT molecular complexity index is 258. The largest absolute Gasteiger partial charge is 0.370 e. The highest BCUT2D eigenvalue weighted by atomic mass is 127. The molecule has 3 N–H and O–H groups in total. The van der Waals surface area contributed by atoms with Gasteiger partial charge in [-0.2, -0.15) is 0 Å². The molecule has 0 aliphatic carbocycles. The Kier molecular flexibility index (Phi) is 10.7. The van der Waals surface area contributed by atoms with Crippen molar-refractivity contribution in [3.05, 3.63) is 0 Å². The van der Waals surface area contributed by atoms with Crippen LogP contribution < -0.4 is 11.1 Å². The first-order valence-corrected chi connectivity index (χ1v) is 7.44. The third-order valence-electron chi connectivity index (χ3n) is 3.83. The standard InChI is InChI=1S/C14H30N4.HI/c1-4-12(2)17-14(15)16-9-7-11-18-10-6-5-8-13(18)3;/h12-13H,4-11H2,1-3H3,(H3,15,16,17);1H. The SMILES string of the molecule is CCC(C)NC(N)=NCCCN1CCCCC1C.I. The van der Waals surface area contributed by atoms with E-state index in [1.807, 2.05) is 0 Å². The van der Waals surface area contributed by atoms with Gasteiger partial charge in [0.25, 0.3) is 0 Å². The van der Waals surface area contributed by atoms with Crippen molar-refractivity contribution in [3.63, 3.8) is 0 Å². The fraction of sp³-hybridized carbons (Fsp3) is 0.929. The zero-order valence-corrected chi connectivity index (χ0v) is 15.0. The van der Waals surface area contributed by atoms with Crippen molar-refractivity contribution in [2.75, 3.05) is 19.6 Å². The van der Waals surface area contributed by atoms with Gasteiger partial charge in [-0.1, -0.05) is 13.3 Å². The third-order valence-corrected chi connectivity index (χ3v) is 3.83. The fourth-order valence-electron chi connectivity index (χ4n) is 2.36. The summed E-state index contributed by atoms with van der Waals surface area (Å²) in [4.78, 5) is 6.96. The summed E-state index contributed by atoms with van der Waals surface area (Å²) in [6.07, 6.45) is 6.27. The van der Waals surface area contributed by atoms with Gasteiger partial charge >= 0.3 is 0 Å². The molecule has 0 aromatic carbocycles. The monoisotopic (exact) mass is 382 g/mol. The second-order valence-electron chi connectivity index (χ2n) is 5.45. The van der Waals surface area contributed by atoms with E-state index >= 15 is 0 Å². The van der Waals surface area contributed by atoms with E-state index < -0.39 is 0 Å². The van der Waals surface area contributed by atoms with E-state index in [-0.39, 0.29) is 24.0 Å². The molecular formula is C14H31IN4. The van der Waals surface area contributed by atoms with Crippen molar-refractivity contribution in [3.8, 4) is 0 Å². The number of nitrogens with zero attached hydrogens (tertiary/aromatic N) is 2. The lowest BCUT2D eigenvalue weighted by atomic mass is 10.0. The summed E-state index contributed by atoms with van der Waals surface area (Å²) in [6, 6.07) is 1.16. The number of hydrogen-bond acceptors (Lipinski definition) is 2. The fourth-order valence-corrected chi connectivity index (χ4v) is 2.36. The second-order valence-corrected chi connectivity index (χ2v) is 5.45. The molecule has 0 amide bonds. The molecule has 1 aliphatic rings. The molecule has 0 spiro atoms. The van der Waals surface area contributed by atoms with Crippen molar-refractivity contribution in [2.24, 2.45) is 10.7 Å². The van der Waals surface area contributed by atoms with Crippen molar-refractivity contribution < 1.29 is 0 Å². The number of nitrogens with two attached hydrogens (primary N) is 1. The van der Waals surface area contributed by atoms with Crippen LogP contribution in [-0.4, -0.2) is 42.6 Å². The minimum atomic E-state index is 0. The summed E-state index contributed by atoms with van der Waals surface area (Å²) in [7, 11) is 0. The Labute approximate surface area is 135 Å². The third kappa shape index (κ3) is 7.97. The van der Waals surface area contributed by atoms with E-state index in [2.05, 4.69) is 36.0 Å². The number of guanidine groups is 1. The maximum Gasteiger partial charge on any atom is 0.188 e. The van der Waals surface area contributed by atoms with Gasteiger partial charge in [0.15, 0.2) is 5.96 Å². The number of likely N-dealkylation sites (tertiary alicyclic amines) is 1. The van der Waals surface area contributed by atoms with E-state index in [0.717, 1.165) is 32.0 Å². The molecule has 0 saturated carbocycles. The maximum atomic E-state index is 5.82. The Morgan fingerprint density at radius 3 is 2.84 bits per heavy atom. The molecule has 0 radical (unpaired) electrons. The van der Waals surface area contributed by atoms with Crippen LogP contribution in [-0.2, 0) is 0 Å². The lowest BCUT2D eigenvalue weighted by Crippen LogP contribution is -2.39. The van der Waals surface area contributed by atoms with Crippen LogP contribution in [0.25, 0.3) is 0 Å². The van der Waals surface area contributed by atoms with E-state index in [0.29, 0.717) is 12.0 Å². The summed E-state index contributed by atoms with van der Waals surface area (Å²) < 4.78 is 0. The smallest absolute Gasteiger partial charge is 0.188 e. The first kappa shape index (κ1) is 19.0. The Balaban J connectivity index is 0.00000324. The molecule has 114 valence electrons. The summed E-state index contributed by atoms with van der Waals surface area (Å²) in [5.74, 6) is 0.594. The lowest BCUT2D eigenvalue weighted by molar-refractivity contribution is 0.160. The summed E-state index contributed by atoms with van der Waals surface area (Å²) in [6.45, 7) is 9.84.